The van der Waals surface area contributed by atoms with Crippen molar-refractivity contribution in [1.82, 2.24) is 4.98 Å². The van der Waals surface area contributed by atoms with Crippen LogP contribution in [-0.4, -0.2) is 17.2 Å². The Labute approximate surface area is 78.2 Å². The molecule has 0 radical (unpaired) electrons. The van der Waals surface area contributed by atoms with Gasteiger partial charge in [0, 0.05) is 0 Å². The van der Waals surface area contributed by atoms with Gasteiger partial charge in [0.1, 0.15) is 0 Å². The molecule has 1 heterocycles. The fourth-order valence-corrected chi connectivity index (χ4v) is 0.953. The standard InChI is InChI=1S/C8H8F3NO2/c1-14-8-6(9)5(7(10)11)2-4(3-13)12-8/h2,7,13H,3H2,1H3. The Morgan fingerprint density at radius 1 is 1.57 bits per heavy atom. The van der Waals surface area contributed by atoms with Gasteiger partial charge in [0.15, 0.2) is 5.82 Å². The summed E-state index contributed by atoms with van der Waals surface area (Å²) in [5.41, 5.74) is -0.876. The Kier molecular flexibility index (Phi) is 3.29. The predicted molar refractivity (Wildman–Crippen MR) is 41.6 cm³/mol. The summed E-state index contributed by atoms with van der Waals surface area (Å²) in [6, 6.07) is 0.808. The monoisotopic (exact) mass is 207 g/mol. The summed E-state index contributed by atoms with van der Waals surface area (Å²) in [6.45, 7) is -0.545. The summed E-state index contributed by atoms with van der Waals surface area (Å²) in [5.74, 6) is -1.73. The van der Waals surface area contributed by atoms with E-state index in [0.29, 0.717) is 0 Å². The summed E-state index contributed by atoms with van der Waals surface area (Å²) in [4.78, 5) is 3.47. The molecule has 14 heavy (non-hydrogen) atoms. The van der Waals surface area contributed by atoms with Crippen molar-refractivity contribution in [3.05, 3.63) is 23.1 Å². The number of methoxy groups -OCH3 is 1. The van der Waals surface area contributed by atoms with Crippen molar-refractivity contribution < 1.29 is 23.0 Å². The number of halogens is 3. The van der Waals surface area contributed by atoms with Crippen LogP contribution in [0, 0.1) is 5.82 Å². The van der Waals surface area contributed by atoms with Gasteiger partial charge in [-0.1, -0.05) is 0 Å². The molecular weight excluding hydrogens is 199 g/mol. The number of aliphatic hydroxyl groups excluding tert-OH is 1. The molecule has 78 valence electrons. The fraction of sp³-hybridized carbons (Fsp3) is 0.375. The van der Waals surface area contributed by atoms with Crippen LogP contribution in [-0.2, 0) is 6.61 Å². The maximum atomic E-state index is 13.1. The van der Waals surface area contributed by atoms with Gasteiger partial charge in [0.2, 0.25) is 0 Å². The van der Waals surface area contributed by atoms with E-state index in [1.807, 2.05) is 0 Å². The molecule has 1 N–H and O–H groups in total. The first-order chi connectivity index (χ1) is 6.60. The van der Waals surface area contributed by atoms with Crippen LogP contribution < -0.4 is 4.74 Å². The Morgan fingerprint density at radius 2 is 2.21 bits per heavy atom. The van der Waals surface area contributed by atoms with Gasteiger partial charge in [0.05, 0.1) is 25.0 Å². The van der Waals surface area contributed by atoms with E-state index in [2.05, 4.69) is 9.72 Å². The summed E-state index contributed by atoms with van der Waals surface area (Å²) in [5, 5.41) is 8.67. The molecule has 3 nitrogen and oxygen atoms in total. The number of pyridine rings is 1. The highest BCUT2D eigenvalue weighted by molar-refractivity contribution is 5.28. The highest BCUT2D eigenvalue weighted by atomic mass is 19.3. The SMILES string of the molecule is COc1nc(CO)cc(C(F)F)c1F. The van der Waals surface area contributed by atoms with Crippen LogP contribution in [0.3, 0.4) is 0 Å². The van der Waals surface area contributed by atoms with Crippen LogP contribution in [0.5, 0.6) is 5.88 Å². The van der Waals surface area contributed by atoms with Crippen molar-refractivity contribution in [3.63, 3.8) is 0 Å². The Hall–Kier alpha value is -1.30. The largest absolute Gasteiger partial charge is 0.479 e. The third-order valence-electron chi connectivity index (χ3n) is 1.60. The lowest BCUT2D eigenvalue weighted by Gasteiger charge is -2.07. The predicted octanol–water partition coefficient (Wildman–Crippen LogP) is 1.66. The first kappa shape index (κ1) is 10.8. The maximum absolute atomic E-state index is 13.1. The smallest absolute Gasteiger partial charge is 0.266 e. The first-order valence-electron chi connectivity index (χ1n) is 3.72. The first-order valence-corrected chi connectivity index (χ1v) is 3.72. The van der Waals surface area contributed by atoms with Gasteiger partial charge in [0.25, 0.3) is 12.3 Å². The minimum absolute atomic E-state index is 0.0569. The van der Waals surface area contributed by atoms with Crippen molar-refractivity contribution in [3.8, 4) is 5.88 Å². The van der Waals surface area contributed by atoms with E-state index in [0.717, 1.165) is 13.2 Å². The lowest BCUT2D eigenvalue weighted by Crippen LogP contribution is -2.02. The van der Waals surface area contributed by atoms with Crippen molar-refractivity contribution in [2.45, 2.75) is 13.0 Å². The lowest BCUT2D eigenvalue weighted by atomic mass is 10.2. The van der Waals surface area contributed by atoms with Crippen molar-refractivity contribution in [2.24, 2.45) is 0 Å². The molecule has 1 aromatic rings. The molecule has 1 aromatic heterocycles. The van der Waals surface area contributed by atoms with E-state index in [4.69, 9.17) is 5.11 Å². The molecule has 0 amide bonds. The zero-order valence-electron chi connectivity index (χ0n) is 7.30. The highest BCUT2D eigenvalue weighted by Gasteiger charge is 2.19. The molecular formula is C8H8F3NO2. The molecule has 0 aliphatic rings. The number of rotatable bonds is 3. The van der Waals surface area contributed by atoms with Gasteiger partial charge < -0.3 is 9.84 Å². The maximum Gasteiger partial charge on any atom is 0.266 e. The molecule has 0 atom stereocenters. The summed E-state index contributed by atoms with van der Waals surface area (Å²) in [6.07, 6.45) is -2.96. The number of alkyl halides is 2. The van der Waals surface area contributed by atoms with Crippen molar-refractivity contribution in [2.75, 3.05) is 7.11 Å². The van der Waals surface area contributed by atoms with Gasteiger partial charge >= 0.3 is 0 Å². The third kappa shape index (κ3) is 1.95. The topological polar surface area (TPSA) is 42.4 Å². The number of aromatic nitrogens is 1. The fourth-order valence-electron chi connectivity index (χ4n) is 0.953. The van der Waals surface area contributed by atoms with Crippen LogP contribution in [0.15, 0.2) is 6.07 Å². The number of ether oxygens (including phenoxy) is 1. The molecule has 0 unspecified atom stereocenters. The minimum Gasteiger partial charge on any atom is -0.479 e. The number of nitrogens with zero attached hydrogens (tertiary/aromatic N) is 1. The second-order valence-electron chi connectivity index (χ2n) is 2.48. The molecule has 0 spiro atoms. The van der Waals surface area contributed by atoms with E-state index < -0.39 is 30.3 Å². The third-order valence-corrected chi connectivity index (χ3v) is 1.60. The zero-order valence-corrected chi connectivity index (χ0v) is 7.30. The van der Waals surface area contributed by atoms with Crippen LogP contribution in [0.25, 0.3) is 0 Å². The number of aliphatic hydroxyl groups is 1. The van der Waals surface area contributed by atoms with Crippen molar-refractivity contribution in [1.29, 1.82) is 0 Å². The van der Waals surface area contributed by atoms with E-state index in [1.54, 1.807) is 0 Å². The zero-order chi connectivity index (χ0) is 10.7. The molecule has 0 aliphatic heterocycles. The Morgan fingerprint density at radius 3 is 2.64 bits per heavy atom. The second-order valence-corrected chi connectivity index (χ2v) is 2.48. The van der Waals surface area contributed by atoms with Crippen LogP contribution in [0.2, 0.25) is 0 Å². The molecule has 0 aliphatic carbocycles. The summed E-state index contributed by atoms with van der Waals surface area (Å²) < 4.78 is 42.0. The normalized spacial score (nSPS) is 10.7. The van der Waals surface area contributed by atoms with Gasteiger partial charge in [-0.3, -0.25) is 0 Å². The van der Waals surface area contributed by atoms with Gasteiger partial charge in [-0.25, -0.2) is 18.2 Å². The molecule has 0 saturated heterocycles. The average molecular weight is 207 g/mol. The van der Waals surface area contributed by atoms with Crippen LogP contribution >= 0.6 is 0 Å². The quantitative estimate of drug-likeness (QED) is 0.819. The summed E-state index contributed by atoms with van der Waals surface area (Å²) in [7, 11) is 1.11. The molecule has 0 aromatic carbocycles. The van der Waals surface area contributed by atoms with E-state index in [9.17, 15) is 13.2 Å². The second kappa shape index (κ2) is 4.28. The van der Waals surface area contributed by atoms with Gasteiger partial charge in [-0.2, -0.15) is 0 Å². The Bertz CT molecular complexity index is 331. The molecule has 0 fully saturated rings. The van der Waals surface area contributed by atoms with Crippen molar-refractivity contribution >= 4 is 0 Å². The molecule has 0 bridgehead atoms. The van der Waals surface area contributed by atoms with Crippen LogP contribution in [0.1, 0.15) is 17.7 Å². The molecule has 6 heteroatoms. The highest BCUT2D eigenvalue weighted by Crippen LogP contribution is 2.27. The van der Waals surface area contributed by atoms with E-state index in [-0.39, 0.29) is 5.69 Å². The number of hydrogen-bond donors (Lipinski definition) is 1. The van der Waals surface area contributed by atoms with Crippen LogP contribution in [0.4, 0.5) is 13.2 Å². The van der Waals surface area contributed by atoms with Gasteiger partial charge in [-0.05, 0) is 6.07 Å². The van der Waals surface area contributed by atoms with E-state index >= 15 is 0 Å². The molecule has 0 saturated carbocycles. The minimum atomic E-state index is -2.96. The summed E-state index contributed by atoms with van der Waals surface area (Å²) >= 11 is 0. The molecule has 1 rings (SSSR count). The lowest BCUT2D eigenvalue weighted by molar-refractivity contribution is 0.144. The Balaban J connectivity index is 3.27. The number of hydrogen-bond acceptors (Lipinski definition) is 3. The van der Waals surface area contributed by atoms with Gasteiger partial charge in [-0.15, -0.1) is 0 Å². The van der Waals surface area contributed by atoms with E-state index in [1.165, 1.54) is 0 Å². The average Bonchev–Trinajstić information content (AvgIpc) is 2.17.